The second kappa shape index (κ2) is 7.73. The van der Waals surface area contributed by atoms with Gasteiger partial charge in [-0.15, -0.1) is 0 Å². The quantitative estimate of drug-likeness (QED) is 0.465. The zero-order valence-corrected chi connectivity index (χ0v) is 14.1. The molecule has 0 aliphatic heterocycles. The number of halogens is 1. The molecular weight excluding hydrogens is 345 g/mol. The van der Waals surface area contributed by atoms with Crippen LogP contribution in [0.25, 0.3) is 6.08 Å². The van der Waals surface area contributed by atoms with Gasteiger partial charge in [-0.05, 0) is 41.5 Å². The van der Waals surface area contributed by atoms with Crippen molar-refractivity contribution >= 4 is 21.9 Å². The van der Waals surface area contributed by atoms with Gasteiger partial charge in [0.25, 0.3) is 0 Å². The van der Waals surface area contributed by atoms with E-state index in [1.807, 2.05) is 0 Å². The molecule has 0 atom stereocenters. The molecule has 0 aliphatic carbocycles. The number of ether oxygens (including phenoxy) is 1. The van der Waals surface area contributed by atoms with Crippen molar-refractivity contribution in [2.75, 3.05) is 0 Å². The molecule has 25 heavy (non-hydrogen) atoms. The minimum absolute atomic E-state index is 0.317. The van der Waals surface area contributed by atoms with Crippen LogP contribution in [0.15, 0.2) is 53.4 Å². The van der Waals surface area contributed by atoms with Crippen LogP contribution in [-0.2, 0) is 20.4 Å². The van der Waals surface area contributed by atoms with E-state index >= 15 is 0 Å². The van der Waals surface area contributed by atoms with Gasteiger partial charge in [0, 0.05) is 6.92 Å². The number of esters is 1. The molecule has 0 fully saturated rings. The third-order valence-corrected chi connectivity index (χ3v) is 4.75. The van der Waals surface area contributed by atoms with E-state index in [0.717, 1.165) is 12.1 Å². The Balaban J connectivity index is 2.24. The summed E-state index contributed by atoms with van der Waals surface area (Å²) in [4.78, 5) is 10.5. The summed E-state index contributed by atoms with van der Waals surface area (Å²) in [7, 11) is -3.87. The molecule has 0 aliphatic rings. The summed E-state index contributed by atoms with van der Waals surface area (Å²) in [6.07, 6.45) is 1.23. The predicted molar refractivity (Wildman–Crippen MR) is 90.4 cm³/mol. The van der Waals surface area contributed by atoms with Crippen LogP contribution in [0.1, 0.15) is 18.1 Å². The molecule has 0 bridgehead atoms. The first-order chi connectivity index (χ1) is 11.8. The van der Waals surface area contributed by atoms with Crippen LogP contribution in [0, 0.1) is 17.1 Å². The van der Waals surface area contributed by atoms with Gasteiger partial charge in [0.05, 0.1) is 5.75 Å². The number of hydrogen-bond acceptors (Lipinski definition) is 5. The normalized spacial score (nSPS) is 11.6. The molecule has 0 radical (unpaired) electrons. The van der Waals surface area contributed by atoms with Crippen molar-refractivity contribution in [3.05, 3.63) is 70.4 Å². The number of nitrogens with zero attached hydrogens (tertiary/aromatic N) is 1. The van der Waals surface area contributed by atoms with Crippen LogP contribution in [0.5, 0.6) is 5.75 Å². The Bertz CT molecular complexity index is 940. The molecular formula is C18H14FNO4S. The SMILES string of the molecule is CC(=O)Oc1ccc(C=C(C#N)S(=O)(=O)Cc2ccc(F)cc2)cc1. The van der Waals surface area contributed by atoms with Gasteiger partial charge in [-0.3, -0.25) is 4.79 Å². The van der Waals surface area contributed by atoms with Gasteiger partial charge in [-0.1, -0.05) is 24.3 Å². The van der Waals surface area contributed by atoms with Crippen molar-refractivity contribution in [1.29, 1.82) is 5.26 Å². The first kappa shape index (κ1) is 18.4. The van der Waals surface area contributed by atoms with E-state index in [0.29, 0.717) is 16.9 Å². The molecule has 2 aromatic rings. The van der Waals surface area contributed by atoms with Gasteiger partial charge in [0.1, 0.15) is 22.5 Å². The Kier molecular flexibility index (Phi) is 5.67. The van der Waals surface area contributed by atoms with Gasteiger partial charge in [0.2, 0.25) is 0 Å². The molecule has 2 rings (SSSR count). The first-order valence-electron chi connectivity index (χ1n) is 7.17. The van der Waals surface area contributed by atoms with Crippen molar-refractivity contribution in [1.82, 2.24) is 0 Å². The van der Waals surface area contributed by atoms with Crippen LogP contribution in [-0.4, -0.2) is 14.4 Å². The summed E-state index contributed by atoms with van der Waals surface area (Å²) in [6, 6.07) is 12.8. The molecule has 5 nitrogen and oxygen atoms in total. The smallest absolute Gasteiger partial charge is 0.308 e. The summed E-state index contributed by atoms with van der Waals surface area (Å²) in [6.45, 7) is 1.27. The molecule has 0 saturated heterocycles. The third kappa shape index (κ3) is 5.26. The highest BCUT2D eigenvalue weighted by atomic mass is 32.2. The van der Waals surface area contributed by atoms with E-state index in [2.05, 4.69) is 0 Å². The number of benzene rings is 2. The Labute approximate surface area is 144 Å². The summed E-state index contributed by atoms with van der Waals surface area (Å²) >= 11 is 0. The Morgan fingerprint density at radius 2 is 1.76 bits per heavy atom. The lowest BCUT2D eigenvalue weighted by Crippen LogP contribution is -2.06. The van der Waals surface area contributed by atoms with E-state index in [9.17, 15) is 22.9 Å². The second-order valence-corrected chi connectivity index (χ2v) is 7.13. The maximum atomic E-state index is 12.9. The Hall–Kier alpha value is -2.98. The molecule has 7 heteroatoms. The molecule has 0 aromatic heterocycles. The lowest BCUT2D eigenvalue weighted by atomic mass is 10.2. The number of nitriles is 1. The molecule has 2 aromatic carbocycles. The highest BCUT2D eigenvalue weighted by Gasteiger charge is 2.18. The predicted octanol–water partition coefficient (Wildman–Crippen LogP) is 3.23. The van der Waals surface area contributed by atoms with Gasteiger partial charge >= 0.3 is 5.97 Å². The molecule has 0 heterocycles. The lowest BCUT2D eigenvalue weighted by molar-refractivity contribution is -0.131. The fourth-order valence-electron chi connectivity index (χ4n) is 2.02. The molecule has 0 unspecified atom stereocenters. The maximum Gasteiger partial charge on any atom is 0.308 e. The van der Waals surface area contributed by atoms with Crippen molar-refractivity contribution in [2.45, 2.75) is 12.7 Å². The lowest BCUT2D eigenvalue weighted by Gasteiger charge is -2.04. The van der Waals surface area contributed by atoms with Crippen molar-refractivity contribution in [3.8, 4) is 11.8 Å². The topological polar surface area (TPSA) is 84.2 Å². The van der Waals surface area contributed by atoms with Crippen LogP contribution in [0.2, 0.25) is 0 Å². The molecule has 128 valence electrons. The van der Waals surface area contributed by atoms with Gasteiger partial charge < -0.3 is 4.74 Å². The molecule has 0 spiro atoms. The largest absolute Gasteiger partial charge is 0.427 e. The van der Waals surface area contributed by atoms with E-state index in [-0.39, 0.29) is 0 Å². The van der Waals surface area contributed by atoms with Gasteiger partial charge in [0.15, 0.2) is 9.84 Å². The zero-order valence-electron chi connectivity index (χ0n) is 13.3. The number of rotatable bonds is 5. The second-order valence-electron chi connectivity index (χ2n) is 5.17. The highest BCUT2D eigenvalue weighted by molar-refractivity contribution is 7.95. The standard InChI is InChI=1S/C18H14FNO4S/c1-13(21)24-17-8-4-14(5-9-17)10-18(11-20)25(22,23)12-15-2-6-16(19)7-3-15/h2-10H,12H2,1H3. The van der Waals surface area contributed by atoms with Crippen molar-refractivity contribution in [2.24, 2.45) is 0 Å². The van der Waals surface area contributed by atoms with E-state index in [4.69, 9.17) is 4.74 Å². The number of allylic oxidation sites excluding steroid dienone is 1. The summed E-state index contributed by atoms with van der Waals surface area (Å²) in [5.41, 5.74) is 0.850. The van der Waals surface area contributed by atoms with Crippen LogP contribution in [0.4, 0.5) is 4.39 Å². The number of sulfone groups is 1. The average molecular weight is 359 g/mol. The minimum Gasteiger partial charge on any atom is -0.427 e. The molecule has 0 amide bonds. The molecule has 0 N–H and O–H groups in total. The number of carbonyl (C=O) groups excluding carboxylic acids is 1. The van der Waals surface area contributed by atoms with Crippen LogP contribution in [0.3, 0.4) is 0 Å². The highest BCUT2D eigenvalue weighted by Crippen LogP contribution is 2.19. The maximum absolute atomic E-state index is 12.9. The summed E-state index contributed by atoms with van der Waals surface area (Å²) < 4.78 is 42.5. The van der Waals surface area contributed by atoms with Gasteiger partial charge in [-0.25, -0.2) is 12.8 Å². The van der Waals surface area contributed by atoms with Crippen molar-refractivity contribution < 1.29 is 22.3 Å². The minimum atomic E-state index is -3.87. The zero-order chi connectivity index (χ0) is 18.4. The van der Waals surface area contributed by atoms with Crippen molar-refractivity contribution in [3.63, 3.8) is 0 Å². The Morgan fingerprint density at radius 3 is 2.28 bits per heavy atom. The average Bonchev–Trinajstić information content (AvgIpc) is 2.55. The molecule has 0 saturated carbocycles. The van der Waals surface area contributed by atoms with E-state index in [1.165, 1.54) is 49.4 Å². The summed E-state index contributed by atoms with van der Waals surface area (Å²) in [5, 5.41) is 9.19. The van der Waals surface area contributed by atoms with Gasteiger partial charge in [-0.2, -0.15) is 5.26 Å². The Morgan fingerprint density at radius 1 is 1.16 bits per heavy atom. The van der Waals surface area contributed by atoms with E-state index in [1.54, 1.807) is 6.07 Å². The monoisotopic (exact) mass is 359 g/mol. The van der Waals surface area contributed by atoms with E-state index < -0.39 is 32.3 Å². The summed E-state index contributed by atoms with van der Waals surface area (Å²) in [5.74, 6) is -1.02. The first-order valence-corrected chi connectivity index (χ1v) is 8.83. The fraction of sp³-hybridized carbons (Fsp3) is 0.111. The number of hydrogen-bond donors (Lipinski definition) is 0. The number of carbonyl (C=O) groups is 1. The third-order valence-electron chi connectivity index (χ3n) is 3.15. The van der Waals surface area contributed by atoms with Crippen LogP contribution >= 0.6 is 0 Å². The fourth-order valence-corrected chi connectivity index (χ4v) is 3.26. The van der Waals surface area contributed by atoms with Crippen LogP contribution < -0.4 is 4.74 Å².